The average molecular weight is 299 g/mol. The molecule has 1 unspecified atom stereocenters. The molecule has 0 saturated heterocycles. The molecule has 0 amide bonds. The van der Waals surface area contributed by atoms with Crippen molar-refractivity contribution in [2.45, 2.75) is 34.6 Å². The van der Waals surface area contributed by atoms with Crippen molar-refractivity contribution in [1.82, 2.24) is 0 Å². The Hall–Kier alpha value is -1.79. The van der Waals surface area contributed by atoms with E-state index in [1.807, 2.05) is 58.9 Å². The summed E-state index contributed by atoms with van der Waals surface area (Å²) in [6, 6.07) is 9.60. The van der Waals surface area contributed by atoms with Gasteiger partial charge in [0.15, 0.2) is 0 Å². The topological polar surface area (TPSA) is 34.1 Å². The van der Waals surface area contributed by atoms with Gasteiger partial charge in [-0.15, -0.1) is 0 Å². The molecule has 0 aliphatic rings. The highest BCUT2D eigenvalue weighted by atomic mass is 31.1. The number of carbonyl (C=O) groups is 1. The number of carbonyl (C=O) groups excluding carboxylic acids is 1. The fourth-order valence-corrected chi connectivity index (χ4v) is 4.13. The second-order valence-corrected chi connectivity index (χ2v) is 7.14. The van der Waals surface area contributed by atoms with Crippen molar-refractivity contribution in [1.29, 1.82) is 0 Å². The SMILES string of the molecule is Cc1ccc([P+](=O)C(=O)c2c(C)cc(C)cc2C)c(C)c1. The van der Waals surface area contributed by atoms with Gasteiger partial charge in [0.25, 0.3) is 0 Å². The summed E-state index contributed by atoms with van der Waals surface area (Å²) in [7, 11) is -2.08. The van der Waals surface area contributed by atoms with Gasteiger partial charge in [-0.05, 0) is 51.8 Å². The number of hydrogen-bond donors (Lipinski definition) is 0. The minimum Gasteiger partial charge on any atom is -0.234 e. The van der Waals surface area contributed by atoms with Crippen LogP contribution in [-0.2, 0) is 4.57 Å². The molecular formula is C18H20O2P+. The van der Waals surface area contributed by atoms with Gasteiger partial charge in [-0.25, -0.2) is 4.79 Å². The van der Waals surface area contributed by atoms with Crippen molar-refractivity contribution in [2.24, 2.45) is 0 Å². The maximum atomic E-state index is 12.7. The van der Waals surface area contributed by atoms with Crippen LogP contribution in [0.4, 0.5) is 0 Å². The lowest BCUT2D eigenvalue weighted by atomic mass is 10.0. The van der Waals surface area contributed by atoms with E-state index >= 15 is 0 Å². The molecule has 2 rings (SSSR count). The molecule has 0 N–H and O–H groups in total. The third-order valence-electron chi connectivity index (χ3n) is 3.65. The largest absolute Gasteiger partial charge is 0.458 e. The smallest absolute Gasteiger partial charge is 0.234 e. The molecule has 1 atom stereocenters. The Balaban J connectivity index is 2.47. The summed E-state index contributed by atoms with van der Waals surface area (Å²) in [4.78, 5) is 12.7. The molecule has 0 aromatic heterocycles. The zero-order valence-corrected chi connectivity index (χ0v) is 14.0. The molecule has 2 aromatic rings. The molecule has 0 fully saturated rings. The Morgan fingerprint density at radius 3 is 1.86 bits per heavy atom. The van der Waals surface area contributed by atoms with Crippen LogP contribution in [0, 0.1) is 34.6 Å². The van der Waals surface area contributed by atoms with Crippen LogP contribution < -0.4 is 5.30 Å². The van der Waals surface area contributed by atoms with E-state index in [-0.39, 0.29) is 5.52 Å². The van der Waals surface area contributed by atoms with Crippen LogP contribution in [0.3, 0.4) is 0 Å². The summed E-state index contributed by atoms with van der Waals surface area (Å²) >= 11 is 0. The van der Waals surface area contributed by atoms with Crippen molar-refractivity contribution in [3.63, 3.8) is 0 Å². The maximum Gasteiger partial charge on any atom is 0.458 e. The predicted octanol–water partition coefficient (Wildman–Crippen LogP) is 4.52. The Morgan fingerprint density at radius 2 is 1.33 bits per heavy atom. The molecule has 0 aliphatic carbocycles. The van der Waals surface area contributed by atoms with E-state index in [0.717, 1.165) is 27.8 Å². The van der Waals surface area contributed by atoms with Crippen molar-refractivity contribution >= 4 is 18.6 Å². The second-order valence-electron chi connectivity index (χ2n) is 5.66. The molecule has 2 aromatic carbocycles. The monoisotopic (exact) mass is 299 g/mol. The summed E-state index contributed by atoms with van der Waals surface area (Å²) in [5, 5.41) is 0.639. The Kier molecular flexibility index (Phi) is 4.39. The van der Waals surface area contributed by atoms with E-state index in [2.05, 4.69) is 0 Å². The van der Waals surface area contributed by atoms with Crippen molar-refractivity contribution in [2.75, 3.05) is 0 Å². The fourth-order valence-electron chi connectivity index (χ4n) is 2.76. The zero-order valence-electron chi connectivity index (χ0n) is 13.2. The first-order valence-corrected chi connectivity index (χ1v) is 8.24. The van der Waals surface area contributed by atoms with Crippen molar-refractivity contribution in [3.8, 4) is 0 Å². The number of hydrogen-bond acceptors (Lipinski definition) is 2. The third-order valence-corrected chi connectivity index (χ3v) is 5.18. The zero-order chi connectivity index (χ0) is 15.7. The number of rotatable bonds is 3. The Labute approximate surface area is 127 Å². The highest BCUT2D eigenvalue weighted by molar-refractivity contribution is 7.71. The summed E-state index contributed by atoms with van der Waals surface area (Å²) in [6.07, 6.45) is 0. The summed E-state index contributed by atoms with van der Waals surface area (Å²) in [5.74, 6) is 0. The van der Waals surface area contributed by atoms with Gasteiger partial charge in [-0.3, -0.25) is 0 Å². The molecule has 0 saturated carbocycles. The van der Waals surface area contributed by atoms with Gasteiger partial charge >= 0.3 is 13.3 Å². The van der Waals surface area contributed by atoms with Crippen LogP contribution >= 0.6 is 7.80 Å². The lowest BCUT2D eigenvalue weighted by Crippen LogP contribution is -2.10. The highest BCUT2D eigenvalue weighted by Crippen LogP contribution is 2.31. The minimum atomic E-state index is -2.08. The first-order chi connectivity index (χ1) is 9.81. The van der Waals surface area contributed by atoms with Gasteiger partial charge < -0.3 is 0 Å². The van der Waals surface area contributed by atoms with Gasteiger partial charge in [0.2, 0.25) is 5.30 Å². The molecule has 3 heteroatoms. The first-order valence-electron chi connectivity index (χ1n) is 6.98. The van der Waals surface area contributed by atoms with E-state index in [9.17, 15) is 9.36 Å². The van der Waals surface area contributed by atoms with Crippen LogP contribution in [0.1, 0.15) is 38.2 Å². The molecule has 0 radical (unpaired) electrons. The van der Waals surface area contributed by atoms with Crippen molar-refractivity contribution < 1.29 is 9.36 Å². The standard InChI is InChI=1S/C18H20O2P/c1-11-6-7-16(13(3)8-11)21(20)18(19)17-14(4)9-12(2)10-15(17)5/h6-10H,1-5H3/q+1. The minimum absolute atomic E-state index is 0.271. The molecule has 0 spiro atoms. The van der Waals surface area contributed by atoms with Gasteiger partial charge in [-0.1, -0.05) is 40.0 Å². The molecular weight excluding hydrogens is 279 g/mol. The number of aryl methyl sites for hydroxylation is 5. The summed E-state index contributed by atoms with van der Waals surface area (Å²) < 4.78 is 12.7. The quantitative estimate of drug-likeness (QED) is 0.781. The van der Waals surface area contributed by atoms with E-state index in [1.165, 1.54) is 0 Å². The Bertz CT molecular complexity index is 722. The average Bonchev–Trinajstić information content (AvgIpc) is 2.36. The molecule has 0 bridgehead atoms. The lowest BCUT2D eigenvalue weighted by Gasteiger charge is -2.05. The highest BCUT2D eigenvalue weighted by Gasteiger charge is 2.36. The van der Waals surface area contributed by atoms with E-state index in [1.54, 1.807) is 6.07 Å². The molecule has 2 nitrogen and oxygen atoms in total. The first kappa shape index (κ1) is 15.6. The summed E-state index contributed by atoms with van der Waals surface area (Å²) in [5.41, 5.74) is 5.25. The second kappa shape index (κ2) is 5.91. The molecule has 0 heterocycles. The molecule has 0 aliphatic heterocycles. The van der Waals surface area contributed by atoms with Crippen LogP contribution in [0.25, 0.3) is 0 Å². The van der Waals surface area contributed by atoms with Gasteiger partial charge in [0.1, 0.15) is 0 Å². The van der Waals surface area contributed by atoms with E-state index in [0.29, 0.717) is 10.9 Å². The maximum absolute atomic E-state index is 12.7. The van der Waals surface area contributed by atoms with Crippen LogP contribution in [-0.4, -0.2) is 5.52 Å². The Morgan fingerprint density at radius 1 is 0.810 bits per heavy atom. The fraction of sp³-hybridized carbons (Fsp3) is 0.278. The van der Waals surface area contributed by atoms with Crippen LogP contribution in [0.15, 0.2) is 30.3 Å². The van der Waals surface area contributed by atoms with Crippen LogP contribution in [0.5, 0.6) is 0 Å². The van der Waals surface area contributed by atoms with Gasteiger partial charge in [0, 0.05) is 5.56 Å². The van der Waals surface area contributed by atoms with Crippen LogP contribution in [0.2, 0.25) is 0 Å². The van der Waals surface area contributed by atoms with Gasteiger partial charge in [-0.2, -0.15) is 0 Å². The van der Waals surface area contributed by atoms with E-state index in [4.69, 9.17) is 0 Å². The number of benzene rings is 2. The summed E-state index contributed by atoms with van der Waals surface area (Å²) in [6.45, 7) is 9.69. The van der Waals surface area contributed by atoms with E-state index < -0.39 is 7.80 Å². The predicted molar refractivity (Wildman–Crippen MR) is 88.1 cm³/mol. The van der Waals surface area contributed by atoms with Gasteiger partial charge in [0.05, 0.1) is 5.56 Å². The third kappa shape index (κ3) is 3.11. The molecule has 21 heavy (non-hydrogen) atoms. The molecule has 108 valence electrons. The lowest BCUT2D eigenvalue weighted by molar-refractivity contribution is 0.107. The van der Waals surface area contributed by atoms with Crippen molar-refractivity contribution in [3.05, 3.63) is 63.7 Å². The normalized spacial score (nSPS) is 11.4.